The molecule has 28 heavy (non-hydrogen) atoms. The number of hydrogen-bond donors (Lipinski definition) is 0. The zero-order chi connectivity index (χ0) is 20.6. The molecule has 2 aliphatic rings. The van der Waals surface area contributed by atoms with Gasteiger partial charge in [0.15, 0.2) is 11.4 Å². The minimum Gasteiger partial charge on any atom is -0.459 e. The lowest BCUT2D eigenvalue weighted by molar-refractivity contribution is -0.208. The fraction of sp³-hybridized carbons (Fsp3) is 0.667. The first-order chi connectivity index (χ1) is 13.0. The monoisotopic (exact) mass is 414 g/mol. The Balaban J connectivity index is 1.68. The molecule has 1 heterocycles. The van der Waals surface area contributed by atoms with Crippen LogP contribution in [0.1, 0.15) is 63.7 Å². The van der Waals surface area contributed by atoms with Gasteiger partial charge in [0.1, 0.15) is 16.9 Å². The zero-order valence-electron chi connectivity index (χ0n) is 16.8. The highest BCUT2D eigenvalue weighted by atomic mass is 35.5. The summed E-state index contributed by atoms with van der Waals surface area (Å²) in [6.07, 6.45) is 0.550. The van der Waals surface area contributed by atoms with Crippen molar-refractivity contribution in [3.8, 4) is 5.75 Å². The lowest BCUT2D eigenvalue weighted by atomic mass is 9.73. The number of carbonyl (C=O) groups excluding carboxylic acids is 1. The van der Waals surface area contributed by atoms with Crippen LogP contribution in [0.5, 0.6) is 5.75 Å². The second-order valence-corrected chi connectivity index (χ2v) is 9.32. The summed E-state index contributed by atoms with van der Waals surface area (Å²) in [6.45, 7) is 7.53. The molecule has 2 fully saturated rings. The van der Waals surface area contributed by atoms with Crippen LogP contribution in [0.4, 0.5) is 4.39 Å². The fourth-order valence-electron chi connectivity index (χ4n) is 3.53. The molecule has 1 aliphatic heterocycles. The topological polar surface area (TPSA) is 54.0 Å². The van der Waals surface area contributed by atoms with Crippen molar-refractivity contribution in [1.82, 2.24) is 0 Å². The first-order valence-electron chi connectivity index (χ1n) is 9.61. The molecule has 0 N–H and O–H groups in total. The van der Waals surface area contributed by atoms with Crippen molar-refractivity contribution in [2.45, 2.75) is 76.7 Å². The van der Waals surface area contributed by atoms with E-state index < -0.39 is 34.7 Å². The van der Waals surface area contributed by atoms with Crippen LogP contribution in [0.15, 0.2) is 24.3 Å². The van der Waals surface area contributed by atoms with Gasteiger partial charge in [-0.2, -0.15) is 0 Å². The normalized spacial score (nSPS) is 31.6. The molecule has 0 bridgehead atoms. The summed E-state index contributed by atoms with van der Waals surface area (Å²) in [5.41, 5.74) is -1.61. The van der Waals surface area contributed by atoms with Crippen molar-refractivity contribution in [2.24, 2.45) is 5.41 Å². The van der Waals surface area contributed by atoms with Crippen molar-refractivity contribution >= 4 is 17.6 Å². The Morgan fingerprint density at radius 1 is 1.25 bits per heavy atom. The van der Waals surface area contributed by atoms with Crippen molar-refractivity contribution in [3.05, 3.63) is 29.8 Å². The molecule has 3 rings (SSSR count). The van der Waals surface area contributed by atoms with Gasteiger partial charge in [0.05, 0.1) is 6.61 Å². The largest absolute Gasteiger partial charge is 0.459 e. The molecule has 5 nitrogen and oxygen atoms in total. The molecule has 1 saturated carbocycles. The number of esters is 1. The third-order valence-electron chi connectivity index (χ3n) is 5.26. The van der Waals surface area contributed by atoms with Crippen LogP contribution in [0.25, 0.3) is 0 Å². The molecule has 2 unspecified atom stereocenters. The van der Waals surface area contributed by atoms with E-state index in [4.69, 9.17) is 30.5 Å². The molecule has 0 radical (unpaired) electrons. The van der Waals surface area contributed by atoms with Crippen LogP contribution in [0, 0.1) is 5.41 Å². The minimum absolute atomic E-state index is 0.181. The number of halogens is 2. The molecule has 1 aromatic rings. The minimum atomic E-state index is -1.58. The molecule has 0 amide bonds. The Morgan fingerprint density at radius 3 is 2.46 bits per heavy atom. The van der Waals surface area contributed by atoms with E-state index in [-0.39, 0.29) is 11.3 Å². The maximum atomic E-state index is 15.2. The molecule has 7 heteroatoms. The van der Waals surface area contributed by atoms with Gasteiger partial charge in [0, 0.05) is 18.3 Å². The number of alkyl halides is 2. The average Bonchev–Trinajstić information content (AvgIpc) is 2.98. The van der Waals surface area contributed by atoms with E-state index in [0.717, 1.165) is 0 Å². The summed E-state index contributed by atoms with van der Waals surface area (Å²) in [7, 11) is 0. The second-order valence-electron chi connectivity index (χ2n) is 8.84. The molecule has 0 aromatic heterocycles. The van der Waals surface area contributed by atoms with Crippen LogP contribution in [0.2, 0.25) is 0 Å². The Morgan fingerprint density at radius 2 is 1.89 bits per heavy atom. The lowest BCUT2D eigenvalue weighted by Gasteiger charge is -2.42. The molecule has 1 spiro atoms. The lowest BCUT2D eigenvalue weighted by Crippen LogP contribution is -2.44. The van der Waals surface area contributed by atoms with Gasteiger partial charge in [-0.25, -0.2) is 9.18 Å². The van der Waals surface area contributed by atoms with Gasteiger partial charge >= 0.3 is 5.97 Å². The van der Waals surface area contributed by atoms with Gasteiger partial charge in [-0.1, -0.05) is 30.7 Å². The molecule has 1 saturated heterocycles. The van der Waals surface area contributed by atoms with E-state index in [1.54, 1.807) is 45.0 Å². The maximum absolute atomic E-state index is 15.2. The summed E-state index contributed by atoms with van der Waals surface area (Å²) < 4.78 is 37.6. The van der Waals surface area contributed by atoms with Gasteiger partial charge in [0.25, 0.3) is 0 Å². The number of hydrogen-bond acceptors (Lipinski definition) is 5. The number of carbonyl (C=O) groups is 1. The van der Waals surface area contributed by atoms with Crippen LogP contribution in [-0.2, 0) is 14.2 Å². The molecule has 1 aromatic carbocycles. The number of benzene rings is 1. The Kier molecular flexibility index (Phi) is 5.95. The predicted molar refractivity (Wildman–Crippen MR) is 103 cm³/mol. The average molecular weight is 415 g/mol. The highest BCUT2D eigenvalue weighted by Gasteiger charge is 2.50. The maximum Gasteiger partial charge on any atom is 0.342 e. The van der Waals surface area contributed by atoms with E-state index in [1.165, 1.54) is 0 Å². The Bertz CT molecular complexity index is 709. The third-order valence-corrected chi connectivity index (χ3v) is 5.47. The molecule has 156 valence electrons. The Hall–Kier alpha value is -1.37. The van der Waals surface area contributed by atoms with Gasteiger partial charge in [-0.05, 0) is 45.7 Å². The van der Waals surface area contributed by atoms with E-state index in [9.17, 15) is 4.79 Å². The van der Waals surface area contributed by atoms with Gasteiger partial charge in [-0.3, -0.25) is 0 Å². The van der Waals surface area contributed by atoms with Crippen LogP contribution in [0.3, 0.4) is 0 Å². The standard InChI is InChI=1S/C21H28ClFO5/c1-19(2,3)28-17(24)14-7-5-6-8-15(14)26-18(23)20(4)9-11-21(12-10-20)25-13-16(22)27-21/h5-8,16,18H,9-13H2,1-4H3. The zero-order valence-corrected chi connectivity index (χ0v) is 17.6. The van der Waals surface area contributed by atoms with Crippen molar-refractivity contribution in [1.29, 1.82) is 0 Å². The number of rotatable bonds is 4. The van der Waals surface area contributed by atoms with Crippen molar-refractivity contribution in [2.75, 3.05) is 6.61 Å². The summed E-state index contributed by atoms with van der Waals surface area (Å²) >= 11 is 5.98. The van der Waals surface area contributed by atoms with Crippen LogP contribution in [-0.4, -0.2) is 35.9 Å². The van der Waals surface area contributed by atoms with Gasteiger partial charge < -0.3 is 18.9 Å². The Labute approximate surface area is 170 Å². The highest BCUT2D eigenvalue weighted by molar-refractivity contribution is 6.19. The molecular formula is C21H28ClFO5. The van der Waals surface area contributed by atoms with Gasteiger partial charge in [0.2, 0.25) is 6.36 Å². The highest BCUT2D eigenvalue weighted by Crippen LogP contribution is 2.48. The summed E-state index contributed by atoms with van der Waals surface area (Å²) in [5, 5.41) is 0. The van der Waals surface area contributed by atoms with E-state index in [0.29, 0.717) is 32.3 Å². The third kappa shape index (κ3) is 4.78. The quantitative estimate of drug-likeness (QED) is 0.500. The van der Waals surface area contributed by atoms with Crippen LogP contribution >= 0.6 is 11.6 Å². The smallest absolute Gasteiger partial charge is 0.342 e. The first kappa shape index (κ1) is 21.3. The first-order valence-corrected chi connectivity index (χ1v) is 10.0. The predicted octanol–water partition coefficient (Wildman–Crippen LogP) is 5.20. The fourth-order valence-corrected chi connectivity index (χ4v) is 3.76. The summed E-state index contributed by atoms with van der Waals surface area (Å²) in [5.74, 6) is -1.07. The van der Waals surface area contributed by atoms with Crippen LogP contribution < -0.4 is 4.74 Å². The van der Waals surface area contributed by atoms with Crippen molar-refractivity contribution in [3.63, 3.8) is 0 Å². The number of para-hydroxylation sites is 1. The van der Waals surface area contributed by atoms with E-state index in [2.05, 4.69) is 0 Å². The van der Waals surface area contributed by atoms with E-state index in [1.807, 2.05) is 6.92 Å². The van der Waals surface area contributed by atoms with Crippen molar-refractivity contribution < 1.29 is 28.1 Å². The van der Waals surface area contributed by atoms with E-state index >= 15 is 4.39 Å². The van der Waals surface area contributed by atoms with Gasteiger partial charge in [-0.15, -0.1) is 0 Å². The molecule has 1 aliphatic carbocycles. The second kappa shape index (κ2) is 7.81. The summed E-state index contributed by atoms with van der Waals surface area (Å²) in [4.78, 5) is 12.4. The SMILES string of the molecule is CC(C)(C)OC(=O)c1ccccc1OC(F)C1(C)CCC2(CC1)OCC(Cl)O2. The molecular weight excluding hydrogens is 387 g/mol. The molecule has 2 atom stereocenters. The number of ether oxygens (including phenoxy) is 4. The summed E-state index contributed by atoms with van der Waals surface area (Å²) in [6, 6.07) is 6.56.